The summed E-state index contributed by atoms with van der Waals surface area (Å²) in [6.07, 6.45) is -13.7. The molecule has 0 bridgehead atoms. The minimum Gasteiger partial charge on any atom is -0.463 e. The van der Waals surface area contributed by atoms with Gasteiger partial charge in [-0.15, -0.1) is 0 Å². The Hall–Kier alpha value is -5.02. The Bertz CT molecular complexity index is 1910. The maximum Gasteiger partial charge on any atom is 0.303 e. The summed E-state index contributed by atoms with van der Waals surface area (Å²) in [5, 5.41) is 0. The van der Waals surface area contributed by atoms with E-state index in [4.69, 9.17) is 61.6 Å². The number of hydrogen-bond donors (Lipinski definition) is 0. The van der Waals surface area contributed by atoms with Gasteiger partial charge in [0.25, 0.3) is 0 Å². The molecule has 3 heterocycles. The molecule has 66 heavy (non-hydrogen) atoms. The van der Waals surface area contributed by atoms with Crippen LogP contribution in [-0.2, 0) is 104 Å². The molecule has 0 spiro atoms. The minimum absolute atomic E-state index is 0.111. The Kier molecular flexibility index (Phi) is 19.4. The highest BCUT2D eigenvalue weighted by atomic mass is 16.7. The van der Waals surface area contributed by atoms with Gasteiger partial charge in [0.15, 0.2) is 24.8 Å². The summed E-state index contributed by atoms with van der Waals surface area (Å²) < 4.78 is 79.6. The molecule has 15 atom stereocenters. The van der Waals surface area contributed by atoms with Crippen LogP contribution in [0.15, 0.2) is 60.7 Å². The number of benzene rings is 2. The first-order valence-corrected chi connectivity index (χ1v) is 21.9. The number of esters is 6. The van der Waals surface area contributed by atoms with Gasteiger partial charge in [-0.05, 0) is 18.1 Å². The van der Waals surface area contributed by atoms with Gasteiger partial charge in [-0.3, -0.25) is 28.8 Å². The molecule has 0 N–H and O–H groups in total. The highest BCUT2D eigenvalue weighted by molar-refractivity contribution is 5.68. The van der Waals surface area contributed by atoms with E-state index in [0.717, 1.165) is 11.1 Å². The fourth-order valence-corrected chi connectivity index (χ4v) is 8.19. The fourth-order valence-electron chi connectivity index (χ4n) is 8.19. The second kappa shape index (κ2) is 24.7. The zero-order valence-corrected chi connectivity index (χ0v) is 38.7. The first-order valence-electron chi connectivity index (χ1n) is 21.9. The van der Waals surface area contributed by atoms with Crippen molar-refractivity contribution < 1.29 is 90.3 Å². The van der Waals surface area contributed by atoms with Crippen LogP contribution >= 0.6 is 0 Å². The Morgan fingerprint density at radius 2 is 0.818 bits per heavy atom. The molecule has 19 heteroatoms. The van der Waals surface area contributed by atoms with Crippen LogP contribution < -0.4 is 0 Å². The summed E-state index contributed by atoms with van der Waals surface area (Å²) in [5.74, 6) is -5.55. The molecule has 15 unspecified atom stereocenters. The molecule has 3 fully saturated rings. The molecule has 2 aromatic carbocycles. The lowest BCUT2D eigenvalue weighted by atomic mass is 9.90. The molecule has 0 aliphatic carbocycles. The van der Waals surface area contributed by atoms with E-state index >= 15 is 0 Å². The largest absolute Gasteiger partial charge is 0.463 e. The highest BCUT2D eigenvalue weighted by Crippen LogP contribution is 2.38. The molecular formula is C47H62O19. The quantitative estimate of drug-likeness (QED) is 0.144. The Balaban J connectivity index is 1.54. The van der Waals surface area contributed by atoms with E-state index in [2.05, 4.69) is 0 Å². The first kappa shape index (κ1) is 52.0. The third-order valence-corrected chi connectivity index (χ3v) is 11.2. The van der Waals surface area contributed by atoms with Crippen molar-refractivity contribution in [3.05, 3.63) is 71.8 Å². The topological polar surface area (TPSA) is 222 Å². The highest BCUT2D eigenvalue weighted by Gasteiger charge is 2.54. The van der Waals surface area contributed by atoms with Crippen molar-refractivity contribution in [2.24, 2.45) is 11.8 Å². The van der Waals surface area contributed by atoms with E-state index in [1.54, 1.807) is 13.8 Å². The summed E-state index contributed by atoms with van der Waals surface area (Å²) in [4.78, 5) is 73.6. The van der Waals surface area contributed by atoms with E-state index in [-0.39, 0.29) is 33.0 Å². The summed E-state index contributed by atoms with van der Waals surface area (Å²) in [5.41, 5.74) is 1.73. The van der Waals surface area contributed by atoms with E-state index < -0.39 is 127 Å². The van der Waals surface area contributed by atoms with Gasteiger partial charge in [0, 0.05) is 53.4 Å². The molecule has 0 aromatic heterocycles. The average Bonchev–Trinajstić information content (AvgIpc) is 3.25. The number of ether oxygens (including phenoxy) is 13. The third kappa shape index (κ3) is 14.7. The molecule has 0 saturated carbocycles. The second-order valence-electron chi connectivity index (χ2n) is 16.5. The molecule has 3 aliphatic heterocycles. The lowest BCUT2D eigenvalue weighted by Crippen LogP contribution is -2.64. The average molecular weight is 931 g/mol. The van der Waals surface area contributed by atoms with Crippen LogP contribution in [0.4, 0.5) is 0 Å². The van der Waals surface area contributed by atoms with Gasteiger partial charge in [0.05, 0.1) is 25.9 Å². The van der Waals surface area contributed by atoms with Crippen LogP contribution in [0, 0.1) is 11.8 Å². The number of carbonyl (C=O) groups excluding carboxylic acids is 6. The number of carbonyl (C=O) groups is 6. The normalized spacial score (nSPS) is 32.0. The smallest absolute Gasteiger partial charge is 0.303 e. The van der Waals surface area contributed by atoms with E-state index in [0.29, 0.717) is 0 Å². The van der Waals surface area contributed by atoms with Crippen molar-refractivity contribution in [1.82, 2.24) is 0 Å². The summed E-state index contributed by atoms with van der Waals surface area (Å²) >= 11 is 0. The van der Waals surface area contributed by atoms with Crippen LogP contribution in [0.2, 0.25) is 0 Å². The van der Waals surface area contributed by atoms with Crippen LogP contribution in [0.1, 0.15) is 73.4 Å². The van der Waals surface area contributed by atoms with Crippen molar-refractivity contribution in [3.8, 4) is 0 Å². The predicted molar refractivity (Wildman–Crippen MR) is 226 cm³/mol. The zero-order valence-electron chi connectivity index (χ0n) is 38.7. The fraction of sp³-hybridized carbons (Fsp3) is 0.617. The van der Waals surface area contributed by atoms with E-state index in [1.165, 1.54) is 41.5 Å². The molecular weight excluding hydrogens is 868 g/mol. The van der Waals surface area contributed by atoms with Crippen LogP contribution in [0.25, 0.3) is 0 Å². The Morgan fingerprint density at radius 1 is 0.424 bits per heavy atom. The van der Waals surface area contributed by atoms with Gasteiger partial charge in [-0.1, -0.05) is 74.5 Å². The molecule has 3 saturated heterocycles. The molecule has 2 aromatic rings. The first-order chi connectivity index (χ1) is 31.4. The van der Waals surface area contributed by atoms with Crippen LogP contribution in [-0.4, -0.2) is 135 Å². The van der Waals surface area contributed by atoms with Crippen molar-refractivity contribution >= 4 is 35.8 Å². The predicted octanol–water partition coefficient (Wildman–Crippen LogP) is 3.92. The van der Waals surface area contributed by atoms with Gasteiger partial charge >= 0.3 is 35.8 Å². The van der Waals surface area contributed by atoms with Crippen molar-refractivity contribution in [2.75, 3.05) is 19.8 Å². The lowest BCUT2D eigenvalue weighted by Gasteiger charge is -2.49. The summed E-state index contributed by atoms with van der Waals surface area (Å²) in [6, 6.07) is 19.0. The van der Waals surface area contributed by atoms with Crippen LogP contribution in [0.5, 0.6) is 0 Å². The molecule has 3 aliphatic rings. The SMILES string of the molecule is CC(=O)OCC1OC(OCC2OC(C)C(OCc3ccccc3)C(OCc3ccccc3)C2OC2OC(COC(C)=O)C(OC(C)=O)C(OC(C)=O)C2C)C(C)C(OC(C)=O)C1OC(C)=O. The van der Waals surface area contributed by atoms with Crippen LogP contribution in [0.3, 0.4) is 0 Å². The molecule has 19 nitrogen and oxygen atoms in total. The maximum atomic E-state index is 12.6. The molecule has 0 radical (unpaired) electrons. The molecule has 5 rings (SSSR count). The van der Waals surface area contributed by atoms with Gasteiger partial charge in [0.2, 0.25) is 0 Å². The Labute approximate surface area is 384 Å². The zero-order chi connectivity index (χ0) is 48.1. The van der Waals surface area contributed by atoms with Gasteiger partial charge < -0.3 is 61.6 Å². The number of rotatable bonds is 19. The Morgan fingerprint density at radius 3 is 1.26 bits per heavy atom. The van der Waals surface area contributed by atoms with Gasteiger partial charge in [0.1, 0.15) is 62.0 Å². The molecule has 364 valence electrons. The van der Waals surface area contributed by atoms with Gasteiger partial charge in [-0.25, -0.2) is 0 Å². The minimum atomic E-state index is -1.25. The molecule has 0 amide bonds. The van der Waals surface area contributed by atoms with Crippen molar-refractivity contribution in [2.45, 2.75) is 155 Å². The lowest BCUT2D eigenvalue weighted by molar-refractivity contribution is -0.346. The standard InChI is InChI=1S/C47H62O19/c1-25-39(60-30(6)50)42(62-32(8)52)37(22-54-28(4)48)64-46(25)58-24-36-44(66-47-26(2)40(61-31(7)51)43(63-33(9)53)38(65-47)23-55-29(5)49)45(57-21-35-18-14-11-15-19-35)41(27(3)59-36)56-20-34-16-12-10-13-17-34/h10-19,25-27,36-47H,20-24H2,1-9H3. The summed E-state index contributed by atoms with van der Waals surface area (Å²) in [6.45, 7) is 11.7. The monoisotopic (exact) mass is 930 g/mol. The van der Waals surface area contributed by atoms with Crippen molar-refractivity contribution in [3.63, 3.8) is 0 Å². The van der Waals surface area contributed by atoms with E-state index in [1.807, 2.05) is 67.6 Å². The maximum absolute atomic E-state index is 12.6. The summed E-state index contributed by atoms with van der Waals surface area (Å²) in [7, 11) is 0. The number of hydrogen-bond acceptors (Lipinski definition) is 19. The second-order valence-corrected chi connectivity index (χ2v) is 16.5. The van der Waals surface area contributed by atoms with E-state index in [9.17, 15) is 28.8 Å². The third-order valence-electron chi connectivity index (χ3n) is 11.2. The van der Waals surface area contributed by atoms with Gasteiger partial charge in [-0.2, -0.15) is 0 Å². The van der Waals surface area contributed by atoms with Crippen molar-refractivity contribution in [1.29, 1.82) is 0 Å².